The lowest BCUT2D eigenvalue weighted by Crippen LogP contribution is -2.51. The van der Waals surface area contributed by atoms with E-state index < -0.39 is 0 Å². The Morgan fingerprint density at radius 2 is 1.88 bits per heavy atom. The van der Waals surface area contributed by atoms with Crippen LogP contribution in [0.1, 0.15) is 31.2 Å². The molecule has 17 heavy (non-hydrogen) atoms. The molecule has 1 aromatic carbocycles. The largest absolute Gasteiger partial charge is 0.374 e. The number of aldehydes is 1. The van der Waals surface area contributed by atoms with Crippen molar-refractivity contribution in [2.45, 2.75) is 38.4 Å². The van der Waals surface area contributed by atoms with E-state index in [9.17, 15) is 4.79 Å². The molecule has 2 saturated carbocycles. The van der Waals surface area contributed by atoms with E-state index in [4.69, 9.17) is 4.74 Å². The molecule has 1 aromatic rings. The minimum atomic E-state index is 0.338. The van der Waals surface area contributed by atoms with E-state index in [-0.39, 0.29) is 0 Å². The summed E-state index contributed by atoms with van der Waals surface area (Å²) in [6.45, 7) is 0.721. The molecule has 0 saturated heterocycles. The first-order valence-corrected chi connectivity index (χ1v) is 6.40. The zero-order chi connectivity index (χ0) is 11.7. The fourth-order valence-electron chi connectivity index (χ4n) is 3.29. The Morgan fingerprint density at radius 3 is 2.53 bits per heavy atom. The summed E-state index contributed by atoms with van der Waals surface area (Å²) in [5, 5.41) is 0. The second kappa shape index (κ2) is 4.26. The second-order valence-corrected chi connectivity index (χ2v) is 5.63. The van der Waals surface area contributed by atoms with Crippen LogP contribution in [0.5, 0.6) is 0 Å². The molecule has 0 N–H and O–H groups in total. The first kappa shape index (κ1) is 11.0. The predicted molar refractivity (Wildman–Crippen MR) is 65.5 cm³/mol. The number of hydrogen-bond donors (Lipinski definition) is 0. The van der Waals surface area contributed by atoms with Crippen LogP contribution < -0.4 is 0 Å². The number of hydrogen-bond acceptors (Lipinski definition) is 2. The van der Waals surface area contributed by atoms with Crippen molar-refractivity contribution in [2.75, 3.05) is 0 Å². The van der Waals surface area contributed by atoms with Gasteiger partial charge in [-0.3, -0.25) is 0 Å². The minimum absolute atomic E-state index is 0.338. The van der Waals surface area contributed by atoms with Gasteiger partial charge in [-0.2, -0.15) is 0 Å². The van der Waals surface area contributed by atoms with Crippen LogP contribution in [0.3, 0.4) is 0 Å². The van der Waals surface area contributed by atoms with E-state index >= 15 is 0 Å². The Labute approximate surface area is 102 Å². The Balaban J connectivity index is 1.41. The second-order valence-electron chi connectivity index (χ2n) is 5.63. The fourth-order valence-corrected chi connectivity index (χ4v) is 3.29. The molecule has 2 aliphatic rings. The summed E-state index contributed by atoms with van der Waals surface area (Å²) in [7, 11) is 0. The topological polar surface area (TPSA) is 26.3 Å². The number of ether oxygens (including phenoxy) is 1. The number of carbonyl (C=O) groups excluding carboxylic acids is 1. The highest BCUT2D eigenvalue weighted by molar-refractivity contribution is 5.56. The molecule has 2 nitrogen and oxygen atoms in total. The van der Waals surface area contributed by atoms with Gasteiger partial charge in [0.05, 0.1) is 12.7 Å². The van der Waals surface area contributed by atoms with Gasteiger partial charge >= 0.3 is 0 Å². The third-order valence-electron chi connectivity index (χ3n) is 4.23. The fraction of sp³-hybridized carbons (Fsp3) is 0.533. The van der Waals surface area contributed by atoms with Crippen molar-refractivity contribution in [3.8, 4) is 0 Å². The van der Waals surface area contributed by atoms with Crippen molar-refractivity contribution in [3.63, 3.8) is 0 Å². The molecule has 2 aliphatic carbocycles. The van der Waals surface area contributed by atoms with Gasteiger partial charge in [0.2, 0.25) is 0 Å². The summed E-state index contributed by atoms with van der Waals surface area (Å²) in [5.74, 6) is 0.338. The van der Waals surface area contributed by atoms with Crippen LogP contribution in [0.2, 0.25) is 0 Å². The van der Waals surface area contributed by atoms with Crippen molar-refractivity contribution in [1.82, 2.24) is 0 Å². The molecule has 0 aromatic heterocycles. The molecule has 0 bridgehead atoms. The van der Waals surface area contributed by atoms with Crippen molar-refractivity contribution in [2.24, 2.45) is 11.3 Å². The Hall–Kier alpha value is -1.15. The molecule has 0 heterocycles. The predicted octanol–water partition coefficient (Wildman–Crippen LogP) is 2.96. The van der Waals surface area contributed by atoms with Crippen LogP contribution >= 0.6 is 0 Å². The van der Waals surface area contributed by atoms with E-state index in [1.807, 2.05) is 18.2 Å². The highest BCUT2D eigenvalue weighted by atomic mass is 16.5. The van der Waals surface area contributed by atoms with Crippen molar-refractivity contribution in [3.05, 3.63) is 35.9 Å². The minimum Gasteiger partial charge on any atom is -0.374 e. The average Bonchev–Trinajstić information content (AvgIpc) is 2.26. The monoisotopic (exact) mass is 230 g/mol. The van der Waals surface area contributed by atoms with E-state index in [0.29, 0.717) is 17.4 Å². The summed E-state index contributed by atoms with van der Waals surface area (Å²) in [4.78, 5) is 10.6. The molecule has 2 fully saturated rings. The number of carbonyl (C=O) groups is 1. The van der Waals surface area contributed by atoms with Gasteiger partial charge in [0.25, 0.3) is 0 Å². The van der Waals surface area contributed by atoms with Gasteiger partial charge in [-0.05, 0) is 36.7 Å². The summed E-state index contributed by atoms with van der Waals surface area (Å²) in [5.41, 5.74) is 1.72. The molecule has 0 aliphatic heterocycles. The Morgan fingerprint density at radius 1 is 1.18 bits per heavy atom. The molecule has 0 radical (unpaired) electrons. The van der Waals surface area contributed by atoms with Crippen molar-refractivity contribution >= 4 is 6.29 Å². The molecular weight excluding hydrogens is 212 g/mol. The first-order valence-electron chi connectivity index (χ1n) is 6.40. The van der Waals surface area contributed by atoms with Crippen LogP contribution in [0.25, 0.3) is 0 Å². The quantitative estimate of drug-likeness (QED) is 0.743. The summed E-state index contributed by atoms with van der Waals surface area (Å²) in [6, 6.07) is 10.3. The van der Waals surface area contributed by atoms with Gasteiger partial charge in [-0.15, -0.1) is 0 Å². The third-order valence-corrected chi connectivity index (χ3v) is 4.23. The third kappa shape index (κ3) is 2.14. The van der Waals surface area contributed by atoms with E-state index in [0.717, 1.165) is 38.6 Å². The first-order chi connectivity index (χ1) is 8.30. The van der Waals surface area contributed by atoms with Crippen molar-refractivity contribution in [1.29, 1.82) is 0 Å². The van der Waals surface area contributed by atoms with Gasteiger partial charge < -0.3 is 9.53 Å². The lowest BCUT2D eigenvalue weighted by Gasteiger charge is -2.56. The average molecular weight is 230 g/mol. The zero-order valence-electron chi connectivity index (χ0n) is 9.97. The van der Waals surface area contributed by atoms with Gasteiger partial charge in [0.15, 0.2) is 0 Å². The molecule has 0 amide bonds. The Kier molecular flexibility index (Phi) is 2.75. The highest BCUT2D eigenvalue weighted by Crippen LogP contribution is 2.58. The van der Waals surface area contributed by atoms with Crippen LogP contribution in [-0.2, 0) is 16.1 Å². The normalized spacial score (nSPS) is 35.1. The van der Waals surface area contributed by atoms with Gasteiger partial charge in [-0.25, -0.2) is 0 Å². The lowest BCUT2D eigenvalue weighted by molar-refractivity contribution is -0.151. The highest BCUT2D eigenvalue weighted by Gasteiger charge is 2.53. The van der Waals surface area contributed by atoms with Crippen LogP contribution in [0, 0.1) is 11.3 Å². The van der Waals surface area contributed by atoms with E-state index in [1.165, 1.54) is 5.56 Å². The zero-order valence-corrected chi connectivity index (χ0v) is 9.97. The summed E-state index contributed by atoms with van der Waals surface area (Å²) >= 11 is 0. The molecule has 2 heteroatoms. The van der Waals surface area contributed by atoms with Crippen LogP contribution in [0.4, 0.5) is 0 Å². The number of rotatable bonds is 4. The van der Waals surface area contributed by atoms with Gasteiger partial charge in [-0.1, -0.05) is 30.3 Å². The van der Waals surface area contributed by atoms with Gasteiger partial charge in [0, 0.05) is 5.92 Å². The van der Waals surface area contributed by atoms with E-state index in [1.54, 1.807) is 0 Å². The maximum atomic E-state index is 10.6. The van der Waals surface area contributed by atoms with Crippen molar-refractivity contribution < 1.29 is 9.53 Å². The van der Waals surface area contributed by atoms with Crippen LogP contribution in [-0.4, -0.2) is 12.4 Å². The molecule has 1 spiro atoms. The maximum Gasteiger partial charge on any atom is 0.123 e. The smallest absolute Gasteiger partial charge is 0.123 e. The molecular formula is C15H18O2. The molecule has 0 unspecified atom stereocenters. The summed E-state index contributed by atoms with van der Waals surface area (Å²) in [6.07, 6.45) is 6.05. The maximum absolute atomic E-state index is 10.6. The SMILES string of the molecule is O=CC1CC2(C1)CC(OCc1ccccc1)C2. The van der Waals surface area contributed by atoms with E-state index in [2.05, 4.69) is 12.1 Å². The van der Waals surface area contributed by atoms with Crippen LogP contribution in [0.15, 0.2) is 30.3 Å². The molecule has 90 valence electrons. The standard InChI is InChI=1S/C15H18O2/c16-10-13-6-15(7-13)8-14(9-15)17-11-12-4-2-1-3-5-12/h1-5,10,13-14H,6-9,11H2. The lowest BCUT2D eigenvalue weighted by atomic mass is 9.51. The molecule has 3 rings (SSSR count). The van der Waals surface area contributed by atoms with Gasteiger partial charge in [0.1, 0.15) is 6.29 Å². The summed E-state index contributed by atoms with van der Waals surface area (Å²) < 4.78 is 5.88. The Bertz CT molecular complexity index is 385. The molecule has 0 atom stereocenters. The number of benzene rings is 1.